The Labute approximate surface area is 264 Å². The minimum Gasteiger partial charge on any atom is -0.438 e. The second-order valence-corrected chi connectivity index (χ2v) is 12.3. The zero-order valence-electron chi connectivity index (χ0n) is 24.2. The van der Waals surface area contributed by atoms with Crippen LogP contribution in [0.1, 0.15) is 0 Å². The van der Waals surface area contributed by atoms with Crippen molar-refractivity contribution in [1.82, 2.24) is 4.98 Å². The molecule has 0 aliphatic rings. The van der Waals surface area contributed by atoms with Crippen LogP contribution in [-0.2, 0) is 0 Å². The number of anilines is 3. The number of nitrogens with zero attached hydrogens (tertiary/aromatic N) is 2. The number of rotatable bonds is 5. The van der Waals surface area contributed by atoms with Crippen LogP contribution in [-0.4, -0.2) is 4.98 Å². The van der Waals surface area contributed by atoms with Gasteiger partial charge in [-0.1, -0.05) is 91.0 Å². The third kappa shape index (κ3) is 4.38. The van der Waals surface area contributed by atoms with Gasteiger partial charge in [0.1, 0.15) is 5.58 Å². The number of para-hydroxylation sites is 1. The van der Waals surface area contributed by atoms with Gasteiger partial charge in [-0.15, -0.1) is 11.3 Å². The molecule has 9 aromatic rings. The van der Waals surface area contributed by atoms with E-state index in [4.69, 9.17) is 4.42 Å². The lowest BCUT2D eigenvalue weighted by molar-refractivity contribution is 0.654. The number of thiophene rings is 1. The summed E-state index contributed by atoms with van der Waals surface area (Å²) in [7, 11) is 0. The minimum absolute atomic E-state index is 0.661. The topological polar surface area (TPSA) is 29.3 Å². The highest BCUT2D eigenvalue weighted by molar-refractivity contribution is 7.25. The molecule has 9 rings (SSSR count). The molecule has 45 heavy (non-hydrogen) atoms. The Balaban J connectivity index is 1.18. The van der Waals surface area contributed by atoms with Gasteiger partial charge in [0.05, 0.1) is 5.39 Å². The van der Waals surface area contributed by atoms with E-state index in [0.29, 0.717) is 5.71 Å². The summed E-state index contributed by atoms with van der Waals surface area (Å²) in [6.07, 6.45) is 1.83. The lowest BCUT2D eigenvalue weighted by Gasteiger charge is -2.26. The standard InChI is InChI=1S/C41H26N2OS/c1-2-8-27(9-3-1)28-14-18-30(19-15-28)43(32-22-23-39-36(26-32)34-10-5-7-13-38(34)45-39)31-20-16-29(17-21-31)33-24-25-42-41-40(33)35-11-4-6-12-37(35)44-41/h1-26H. The van der Waals surface area contributed by atoms with Gasteiger partial charge in [0.15, 0.2) is 0 Å². The Morgan fingerprint density at radius 1 is 0.489 bits per heavy atom. The van der Waals surface area contributed by atoms with Crippen molar-refractivity contribution in [3.63, 3.8) is 0 Å². The Bertz CT molecular complexity index is 2480. The van der Waals surface area contributed by atoms with Gasteiger partial charge in [-0.05, 0) is 82.9 Å². The molecule has 6 aromatic carbocycles. The molecule has 0 aliphatic heterocycles. The fourth-order valence-electron chi connectivity index (χ4n) is 6.41. The maximum Gasteiger partial charge on any atom is 0.227 e. The van der Waals surface area contributed by atoms with Crippen molar-refractivity contribution in [3.05, 3.63) is 158 Å². The highest BCUT2D eigenvalue weighted by Crippen LogP contribution is 2.42. The number of benzene rings is 6. The molecule has 0 spiro atoms. The van der Waals surface area contributed by atoms with Crippen LogP contribution in [0.2, 0.25) is 0 Å². The van der Waals surface area contributed by atoms with Crippen LogP contribution in [0, 0.1) is 0 Å². The summed E-state index contributed by atoms with van der Waals surface area (Å²) in [4.78, 5) is 6.87. The minimum atomic E-state index is 0.661. The molecule has 3 aromatic heterocycles. The predicted octanol–water partition coefficient (Wildman–Crippen LogP) is 12.2. The third-order valence-corrected chi connectivity index (χ3v) is 9.72. The van der Waals surface area contributed by atoms with Gasteiger partial charge >= 0.3 is 0 Å². The van der Waals surface area contributed by atoms with Crippen LogP contribution in [0.25, 0.3) is 64.5 Å². The molecule has 4 heteroatoms. The van der Waals surface area contributed by atoms with E-state index in [1.807, 2.05) is 35.7 Å². The van der Waals surface area contributed by atoms with Crippen molar-refractivity contribution in [2.24, 2.45) is 0 Å². The average molecular weight is 595 g/mol. The molecule has 212 valence electrons. The monoisotopic (exact) mass is 594 g/mol. The first-order chi connectivity index (χ1) is 22.3. The number of hydrogen-bond donors (Lipinski definition) is 0. The summed E-state index contributed by atoms with van der Waals surface area (Å²) in [6, 6.07) is 53.9. The Kier molecular flexibility index (Phi) is 6.00. The number of hydrogen-bond acceptors (Lipinski definition) is 4. The zero-order chi connectivity index (χ0) is 29.7. The quantitative estimate of drug-likeness (QED) is 0.198. The molecule has 0 bridgehead atoms. The van der Waals surface area contributed by atoms with Crippen LogP contribution in [0.3, 0.4) is 0 Å². The lowest BCUT2D eigenvalue weighted by atomic mass is 10.0. The summed E-state index contributed by atoms with van der Waals surface area (Å²) in [5, 5.41) is 4.70. The van der Waals surface area contributed by atoms with Gasteiger partial charge in [0, 0.05) is 48.8 Å². The second kappa shape index (κ2) is 10.5. The molecule has 3 nitrogen and oxygen atoms in total. The van der Waals surface area contributed by atoms with Gasteiger partial charge in [-0.25, -0.2) is 4.98 Å². The molecule has 0 unspecified atom stereocenters. The first-order valence-corrected chi connectivity index (χ1v) is 15.9. The molecular formula is C41H26N2OS. The van der Waals surface area contributed by atoms with E-state index in [1.54, 1.807) is 0 Å². The first kappa shape index (κ1) is 25.8. The first-order valence-electron chi connectivity index (χ1n) is 15.0. The Morgan fingerprint density at radius 2 is 1.11 bits per heavy atom. The maximum atomic E-state index is 6.07. The third-order valence-electron chi connectivity index (χ3n) is 8.57. The van der Waals surface area contributed by atoms with E-state index >= 15 is 0 Å². The predicted molar refractivity (Wildman–Crippen MR) is 190 cm³/mol. The normalized spacial score (nSPS) is 11.6. The van der Waals surface area contributed by atoms with E-state index < -0.39 is 0 Å². The molecule has 0 saturated heterocycles. The van der Waals surface area contributed by atoms with Gasteiger partial charge in [-0.2, -0.15) is 0 Å². The second-order valence-electron chi connectivity index (χ2n) is 11.2. The average Bonchev–Trinajstić information content (AvgIpc) is 3.68. The largest absolute Gasteiger partial charge is 0.438 e. The molecule has 0 N–H and O–H groups in total. The van der Waals surface area contributed by atoms with Crippen LogP contribution in [0.4, 0.5) is 17.1 Å². The maximum absolute atomic E-state index is 6.07. The number of furan rings is 1. The highest BCUT2D eigenvalue weighted by atomic mass is 32.1. The zero-order valence-corrected chi connectivity index (χ0v) is 25.0. The van der Waals surface area contributed by atoms with Gasteiger partial charge in [-0.3, -0.25) is 0 Å². The molecule has 0 amide bonds. The molecule has 0 aliphatic carbocycles. The number of pyridine rings is 1. The van der Waals surface area contributed by atoms with Gasteiger partial charge in [0.2, 0.25) is 5.71 Å². The van der Waals surface area contributed by atoms with Crippen molar-refractivity contribution in [1.29, 1.82) is 0 Å². The highest BCUT2D eigenvalue weighted by Gasteiger charge is 2.17. The molecular weight excluding hydrogens is 569 g/mol. The lowest BCUT2D eigenvalue weighted by Crippen LogP contribution is -2.09. The molecule has 3 heterocycles. The van der Waals surface area contributed by atoms with Crippen molar-refractivity contribution >= 4 is 70.6 Å². The van der Waals surface area contributed by atoms with E-state index in [0.717, 1.165) is 44.5 Å². The summed E-state index contributed by atoms with van der Waals surface area (Å²) < 4.78 is 8.68. The van der Waals surface area contributed by atoms with Gasteiger partial charge < -0.3 is 9.32 Å². The molecule has 0 saturated carbocycles. The van der Waals surface area contributed by atoms with E-state index in [-0.39, 0.29) is 0 Å². The van der Waals surface area contributed by atoms with Crippen molar-refractivity contribution < 1.29 is 4.42 Å². The fraction of sp³-hybridized carbons (Fsp3) is 0. The summed E-state index contributed by atoms with van der Waals surface area (Å²) >= 11 is 1.84. The van der Waals surface area contributed by atoms with Crippen LogP contribution in [0.15, 0.2) is 162 Å². The SMILES string of the molecule is c1ccc(-c2ccc(N(c3ccc(-c4ccnc5oc6ccccc6c45)cc3)c3ccc4sc5ccccc5c4c3)cc2)cc1. The van der Waals surface area contributed by atoms with Crippen molar-refractivity contribution in [2.75, 3.05) is 4.90 Å². The van der Waals surface area contributed by atoms with Crippen LogP contribution < -0.4 is 4.90 Å². The van der Waals surface area contributed by atoms with E-state index in [1.165, 1.54) is 31.3 Å². The Morgan fingerprint density at radius 3 is 1.91 bits per heavy atom. The molecule has 0 atom stereocenters. The fourth-order valence-corrected chi connectivity index (χ4v) is 7.50. The smallest absolute Gasteiger partial charge is 0.227 e. The Hall–Kier alpha value is -5.71. The summed E-state index contributed by atoms with van der Waals surface area (Å²) in [5.41, 5.74) is 9.47. The van der Waals surface area contributed by atoms with Crippen LogP contribution in [0.5, 0.6) is 0 Å². The van der Waals surface area contributed by atoms with E-state index in [9.17, 15) is 0 Å². The molecule has 0 fully saturated rings. The van der Waals surface area contributed by atoms with Gasteiger partial charge in [0.25, 0.3) is 0 Å². The van der Waals surface area contributed by atoms with Crippen LogP contribution >= 0.6 is 11.3 Å². The molecule has 0 radical (unpaired) electrons. The summed E-state index contributed by atoms with van der Waals surface area (Å²) in [6.45, 7) is 0. The van der Waals surface area contributed by atoms with E-state index in [2.05, 4.69) is 143 Å². The summed E-state index contributed by atoms with van der Waals surface area (Å²) in [5.74, 6) is 0. The number of aromatic nitrogens is 1. The van der Waals surface area contributed by atoms with Crippen molar-refractivity contribution in [2.45, 2.75) is 0 Å². The number of fused-ring (bicyclic) bond motifs is 6. The van der Waals surface area contributed by atoms with Crippen molar-refractivity contribution in [3.8, 4) is 22.3 Å².